The van der Waals surface area contributed by atoms with Crippen LogP contribution in [0.1, 0.15) is 16.1 Å². The van der Waals surface area contributed by atoms with E-state index in [9.17, 15) is 4.79 Å². The van der Waals surface area contributed by atoms with Crippen LogP contribution in [0, 0.1) is 6.92 Å². The molecule has 0 aliphatic rings. The molecule has 3 N–H and O–H groups in total. The lowest BCUT2D eigenvalue weighted by atomic mass is 10.2. The Bertz CT molecular complexity index is 566. The van der Waals surface area contributed by atoms with Gasteiger partial charge >= 0.3 is 0 Å². The highest BCUT2D eigenvalue weighted by atomic mass is 35.5. The van der Waals surface area contributed by atoms with Crippen molar-refractivity contribution in [1.82, 2.24) is 5.16 Å². The zero-order valence-corrected chi connectivity index (χ0v) is 9.78. The van der Waals surface area contributed by atoms with Crippen LogP contribution in [-0.4, -0.2) is 11.1 Å². The molecule has 2 rings (SSSR count). The molecule has 0 spiro atoms. The van der Waals surface area contributed by atoms with Crippen molar-refractivity contribution in [3.63, 3.8) is 0 Å². The van der Waals surface area contributed by atoms with Crippen molar-refractivity contribution in [2.75, 3.05) is 11.1 Å². The number of nitrogen functional groups attached to an aromatic ring is 1. The number of aromatic nitrogens is 1. The van der Waals surface area contributed by atoms with Crippen LogP contribution < -0.4 is 11.1 Å². The number of hydrogen-bond donors (Lipinski definition) is 2. The summed E-state index contributed by atoms with van der Waals surface area (Å²) < 4.78 is 4.83. The molecule has 0 bridgehead atoms. The number of benzene rings is 1. The fourth-order valence-corrected chi connectivity index (χ4v) is 1.46. The Hall–Kier alpha value is -2.01. The van der Waals surface area contributed by atoms with Gasteiger partial charge in [-0.3, -0.25) is 4.79 Å². The predicted octanol–water partition coefficient (Wildman–Crippen LogP) is 2.47. The van der Waals surface area contributed by atoms with Crippen molar-refractivity contribution in [2.45, 2.75) is 6.92 Å². The average molecular weight is 252 g/mol. The van der Waals surface area contributed by atoms with Crippen LogP contribution in [0.3, 0.4) is 0 Å². The number of nitrogens with two attached hydrogens (primary N) is 1. The number of aryl methyl sites for hydroxylation is 1. The number of nitrogens with one attached hydrogen (secondary N) is 1. The van der Waals surface area contributed by atoms with E-state index in [1.807, 2.05) is 0 Å². The minimum Gasteiger partial charge on any atom is -0.398 e. The van der Waals surface area contributed by atoms with Crippen LogP contribution in [0.15, 0.2) is 28.8 Å². The SMILES string of the molecule is Cc1cc(NC(=O)c2ccc(N)c(Cl)c2)no1. The first kappa shape index (κ1) is 11.5. The van der Waals surface area contributed by atoms with Gasteiger partial charge in [0.05, 0.1) is 10.7 Å². The summed E-state index contributed by atoms with van der Waals surface area (Å²) >= 11 is 5.83. The summed E-state index contributed by atoms with van der Waals surface area (Å²) in [7, 11) is 0. The summed E-state index contributed by atoms with van der Waals surface area (Å²) in [6, 6.07) is 6.28. The van der Waals surface area contributed by atoms with Crippen molar-refractivity contribution in [2.24, 2.45) is 0 Å². The smallest absolute Gasteiger partial charge is 0.256 e. The molecular formula is C11H10ClN3O2. The van der Waals surface area contributed by atoms with Crippen LogP contribution >= 0.6 is 11.6 Å². The maximum atomic E-state index is 11.8. The van der Waals surface area contributed by atoms with Crippen molar-refractivity contribution in [3.8, 4) is 0 Å². The topological polar surface area (TPSA) is 81.2 Å². The molecule has 1 aromatic carbocycles. The van der Waals surface area contributed by atoms with Gasteiger partial charge in [0, 0.05) is 11.6 Å². The normalized spacial score (nSPS) is 10.2. The molecule has 1 amide bonds. The second-order valence-corrected chi connectivity index (χ2v) is 3.92. The van der Waals surface area contributed by atoms with Crippen LogP contribution in [-0.2, 0) is 0 Å². The number of hydrogen-bond acceptors (Lipinski definition) is 4. The Balaban J connectivity index is 2.17. The Labute approximate surface area is 103 Å². The Morgan fingerprint density at radius 2 is 2.24 bits per heavy atom. The first-order valence-electron chi connectivity index (χ1n) is 4.86. The van der Waals surface area contributed by atoms with Crippen molar-refractivity contribution in [1.29, 1.82) is 0 Å². The molecular weight excluding hydrogens is 242 g/mol. The molecule has 1 heterocycles. The fraction of sp³-hybridized carbons (Fsp3) is 0.0909. The third kappa shape index (κ3) is 2.57. The van der Waals surface area contributed by atoms with E-state index in [0.717, 1.165) is 0 Å². The molecule has 1 aromatic heterocycles. The van der Waals surface area contributed by atoms with Crippen LogP contribution in [0.25, 0.3) is 0 Å². The molecule has 2 aromatic rings. The summed E-state index contributed by atoms with van der Waals surface area (Å²) in [6.45, 7) is 1.74. The van der Waals surface area contributed by atoms with E-state index < -0.39 is 0 Å². The summed E-state index contributed by atoms with van der Waals surface area (Å²) in [6.07, 6.45) is 0. The monoisotopic (exact) mass is 251 g/mol. The molecule has 0 saturated carbocycles. The van der Waals surface area contributed by atoms with Gasteiger partial charge < -0.3 is 15.6 Å². The lowest BCUT2D eigenvalue weighted by Crippen LogP contribution is -2.12. The highest BCUT2D eigenvalue weighted by Crippen LogP contribution is 2.20. The largest absolute Gasteiger partial charge is 0.398 e. The lowest BCUT2D eigenvalue weighted by Gasteiger charge is -2.03. The van der Waals surface area contributed by atoms with Crippen LogP contribution in [0.2, 0.25) is 5.02 Å². The lowest BCUT2D eigenvalue weighted by molar-refractivity contribution is 0.102. The predicted molar refractivity (Wildman–Crippen MR) is 65.1 cm³/mol. The highest BCUT2D eigenvalue weighted by Gasteiger charge is 2.10. The van der Waals surface area contributed by atoms with Gasteiger partial charge in [-0.25, -0.2) is 0 Å². The highest BCUT2D eigenvalue weighted by molar-refractivity contribution is 6.33. The molecule has 0 fully saturated rings. The van der Waals surface area contributed by atoms with Crippen LogP contribution in [0.4, 0.5) is 11.5 Å². The molecule has 0 radical (unpaired) electrons. The van der Waals surface area contributed by atoms with Gasteiger partial charge in [0.25, 0.3) is 5.91 Å². The summed E-state index contributed by atoms with van der Waals surface area (Å²) in [4.78, 5) is 11.8. The van der Waals surface area contributed by atoms with E-state index in [2.05, 4.69) is 10.5 Å². The number of carbonyl (C=O) groups is 1. The number of anilines is 2. The van der Waals surface area contributed by atoms with Gasteiger partial charge in [-0.05, 0) is 25.1 Å². The Morgan fingerprint density at radius 1 is 1.47 bits per heavy atom. The van der Waals surface area contributed by atoms with Gasteiger partial charge in [-0.2, -0.15) is 0 Å². The number of halogens is 1. The summed E-state index contributed by atoms with van der Waals surface area (Å²) in [5.41, 5.74) is 6.39. The molecule has 0 unspecified atom stereocenters. The second kappa shape index (κ2) is 4.47. The van der Waals surface area contributed by atoms with E-state index in [4.69, 9.17) is 21.9 Å². The first-order chi connectivity index (χ1) is 8.06. The van der Waals surface area contributed by atoms with Gasteiger partial charge in [0.15, 0.2) is 5.82 Å². The van der Waals surface area contributed by atoms with Crippen molar-refractivity contribution < 1.29 is 9.32 Å². The number of carbonyl (C=O) groups excluding carboxylic acids is 1. The first-order valence-corrected chi connectivity index (χ1v) is 5.24. The van der Waals surface area contributed by atoms with Crippen molar-refractivity contribution in [3.05, 3.63) is 40.6 Å². The van der Waals surface area contributed by atoms with Gasteiger partial charge in [-0.1, -0.05) is 16.8 Å². The maximum Gasteiger partial charge on any atom is 0.256 e. The average Bonchev–Trinajstić information content (AvgIpc) is 2.68. The minimum absolute atomic E-state index is 0.319. The minimum atomic E-state index is -0.319. The molecule has 0 aliphatic heterocycles. The number of nitrogens with zero attached hydrogens (tertiary/aromatic N) is 1. The van der Waals surface area contributed by atoms with Crippen LogP contribution in [0.5, 0.6) is 0 Å². The Morgan fingerprint density at radius 3 is 2.82 bits per heavy atom. The zero-order chi connectivity index (χ0) is 12.4. The molecule has 0 aliphatic carbocycles. The van der Waals surface area contributed by atoms with E-state index in [1.54, 1.807) is 25.1 Å². The van der Waals surface area contributed by atoms with E-state index >= 15 is 0 Å². The second-order valence-electron chi connectivity index (χ2n) is 3.51. The zero-order valence-electron chi connectivity index (χ0n) is 9.03. The molecule has 5 nitrogen and oxygen atoms in total. The fourth-order valence-electron chi connectivity index (χ4n) is 1.28. The third-order valence-corrected chi connectivity index (χ3v) is 2.46. The number of amides is 1. The summed E-state index contributed by atoms with van der Waals surface area (Å²) in [5, 5.41) is 6.58. The molecule has 88 valence electrons. The summed E-state index contributed by atoms with van der Waals surface area (Å²) in [5.74, 6) is 0.663. The van der Waals surface area contributed by atoms with E-state index in [-0.39, 0.29) is 5.91 Å². The maximum absolute atomic E-state index is 11.8. The van der Waals surface area contributed by atoms with Crippen molar-refractivity contribution >= 4 is 29.0 Å². The van der Waals surface area contributed by atoms with E-state index in [0.29, 0.717) is 27.9 Å². The van der Waals surface area contributed by atoms with Gasteiger partial charge in [-0.15, -0.1) is 0 Å². The molecule has 0 atom stereocenters. The number of rotatable bonds is 2. The molecule has 0 saturated heterocycles. The van der Waals surface area contributed by atoms with E-state index in [1.165, 1.54) is 6.07 Å². The Kier molecular flexibility index (Phi) is 3.01. The standard InChI is InChI=1S/C11H10ClN3O2/c1-6-4-10(15-17-6)14-11(16)7-2-3-9(13)8(12)5-7/h2-5H,13H2,1H3,(H,14,15,16). The quantitative estimate of drug-likeness (QED) is 0.804. The molecule has 6 heteroatoms. The van der Waals surface area contributed by atoms with Gasteiger partial charge in [0.2, 0.25) is 0 Å². The third-order valence-electron chi connectivity index (χ3n) is 2.13. The molecule has 17 heavy (non-hydrogen) atoms. The van der Waals surface area contributed by atoms with Gasteiger partial charge in [0.1, 0.15) is 5.76 Å².